The lowest BCUT2D eigenvalue weighted by molar-refractivity contribution is 1.29. The third kappa shape index (κ3) is 1.66. The third-order valence-corrected chi connectivity index (χ3v) is 2.50. The summed E-state index contributed by atoms with van der Waals surface area (Å²) in [5.41, 5.74) is 4.67. The summed E-state index contributed by atoms with van der Waals surface area (Å²) in [4.78, 5) is 8.68. The molecule has 0 amide bonds. The van der Waals surface area contributed by atoms with Gasteiger partial charge < -0.3 is 0 Å². The molecular formula is C13H10N2. The second-order valence-corrected chi connectivity index (χ2v) is 3.61. The standard InChI is InChI=1S/C13H10N2/c1-2-6-14-12(5-1)13-9-11-8-10(11)4-3-7-15-13/h1-7,9H,8H2/b4-3?,7-3?,10-4?,11-9+,13-9?,15-7?,15-13?. The summed E-state index contributed by atoms with van der Waals surface area (Å²) >= 11 is 0. The van der Waals surface area contributed by atoms with Crippen molar-refractivity contribution in [3.8, 4) is 0 Å². The van der Waals surface area contributed by atoms with Gasteiger partial charge in [0.1, 0.15) is 0 Å². The molecule has 0 atom stereocenters. The van der Waals surface area contributed by atoms with Crippen molar-refractivity contribution in [3.05, 3.63) is 65.7 Å². The van der Waals surface area contributed by atoms with E-state index in [-0.39, 0.29) is 0 Å². The van der Waals surface area contributed by atoms with Gasteiger partial charge in [0.15, 0.2) is 0 Å². The van der Waals surface area contributed by atoms with Crippen molar-refractivity contribution in [2.75, 3.05) is 0 Å². The number of nitrogens with zero attached hydrogens (tertiary/aromatic N) is 2. The Morgan fingerprint density at radius 1 is 1.13 bits per heavy atom. The van der Waals surface area contributed by atoms with E-state index in [0.717, 1.165) is 17.8 Å². The van der Waals surface area contributed by atoms with E-state index in [1.165, 1.54) is 11.1 Å². The first-order valence-electron chi connectivity index (χ1n) is 4.99. The van der Waals surface area contributed by atoms with Gasteiger partial charge >= 0.3 is 0 Å². The van der Waals surface area contributed by atoms with Crippen molar-refractivity contribution in [1.29, 1.82) is 0 Å². The normalized spacial score (nSPS) is 21.5. The summed E-state index contributed by atoms with van der Waals surface area (Å²) in [6.45, 7) is 0. The SMILES string of the molecule is C1=CN=C(c2ccccn2)/C=C2\CC2=C1. The summed E-state index contributed by atoms with van der Waals surface area (Å²) < 4.78 is 0. The molecule has 1 fully saturated rings. The van der Waals surface area contributed by atoms with Gasteiger partial charge in [0, 0.05) is 12.4 Å². The Morgan fingerprint density at radius 3 is 3.00 bits per heavy atom. The molecular weight excluding hydrogens is 184 g/mol. The monoisotopic (exact) mass is 194 g/mol. The summed E-state index contributed by atoms with van der Waals surface area (Å²) in [7, 11) is 0. The minimum atomic E-state index is 0.933. The maximum Gasteiger partial charge on any atom is 0.0889 e. The van der Waals surface area contributed by atoms with Crippen molar-refractivity contribution in [2.45, 2.75) is 6.42 Å². The fourth-order valence-electron chi connectivity index (χ4n) is 1.61. The maximum absolute atomic E-state index is 4.38. The van der Waals surface area contributed by atoms with Crippen LogP contribution in [0.3, 0.4) is 0 Å². The van der Waals surface area contributed by atoms with E-state index in [9.17, 15) is 0 Å². The predicted molar refractivity (Wildman–Crippen MR) is 60.7 cm³/mol. The largest absolute Gasteiger partial charge is 0.255 e. The molecule has 1 aliphatic carbocycles. The van der Waals surface area contributed by atoms with Crippen molar-refractivity contribution in [3.63, 3.8) is 0 Å². The number of pyridine rings is 1. The van der Waals surface area contributed by atoms with Gasteiger partial charge in [-0.15, -0.1) is 0 Å². The number of hydrogen-bond donors (Lipinski definition) is 0. The first-order chi connectivity index (χ1) is 7.43. The van der Waals surface area contributed by atoms with Crippen molar-refractivity contribution in [1.82, 2.24) is 4.98 Å². The number of fused-ring (bicyclic) bond motifs is 1. The highest BCUT2D eigenvalue weighted by Crippen LogP contribution is 2.37. The number of allylic oxidation sites excluding steroid dienone is 5. The molecule has 0 aromatic carbocycles. The van der Waals surface area contributed by atoms with Gasteiger partial charge in [0.25, 0.3) is 0 Å². The minimum Gasteiger partial charge on any atom is -0.255 e. The molecule has 1 aliphatic heterocycles. The average molecular weight is 194 g/mol. The molecule has 1 saturated carbocycles. The van der Waals surface area contributed by atoms with Crippen LogP contribution in [0, 0.1) is 0 Å². The number of rotatable bonds is 1. The van der Waals surface area contributed by atoms with Crippen LogP contribution in [-0.2, 0) is 0 Å². The fourth-order valence-corrected chi connectivity index (χ4v) is 1.61. The average Bonchev–Trinajstić information content (AvgIpc) is 2.96. The highest BCUT2D eigenvalue weighted by atomic mass is 14.8. The van der Waals surface area contributed by atoms with E-state index in [2.05, 4.69) is 22.1 Å². The zero-order valence-electron chi connectivity index (χ0n) is 8.22. The van der Waals surface area contributed by atoms with E-state index < -0.39 is 0 Å². The molecule has 0 saturated heterocycles. The van der Waals surface area contributed by atoms with Crippen molar-refractivity contribution in [2.24, 2.45) is 4.99 Å². The molecule has 2 aliphatic rings. The van der Waals surface area contributed by atoms with Crippen LogP contribution in [0.1, 0.15) is 12.1 Å². The number of aromatic nitrogens is 1. The van der Waals surface area contributed by atoms with E-state index in [4.69, 9.17) is 0 Å². The molecule has 1 aromatic rings. The molecule has 0 unspecified atom stereocenters. The third-order valence-electron chi connectivity index (χ3n) is 2.50. The van der Waals surface area contributed by atoms with Crippen LogP contribution in [0.2, 0.25) is 0 Å². The van der Waals surface area contributed by atoms with Gasteiger partial charge in [-0.2, -0.15) is 0 Å². The Hall–Kier alpha value is -1.96. The lowest BCUT2D eigenvalue weighted by atomic mass is 10.2. The lowest BCUT2D eigenvalue weighted by Crippen LogP contribution is -1.99. The van der Waals surface area contributed by atoms with E-state index in [0.29, 0.717) is 0 Å². The van der Waals surface area contributed by atoms with E-state index >= 15 is 0 Å². The maximum atomic E-state index is 4.38. The Bertz CT molecular complexity index is 505. The molecule has 0 radical (unpaired) electrons. The molecule has 3 rings (SSSR count). The van der Waals surface area contributed by atoms with E-state index in [1.54, 1.807) is 6.20 Å². The predicted octanol–water partition coefficient (Wildman–Crippen LogP) is 2.65. The lowest BCUT2D eigenvalue weighted by Gasteiger charge is -1.98. The highest BCUT2D eigenvalue weighted by molar-refractivity contribution is 6.09. The summed E-state index contributed by atoms with van der Waals surface area (Å²) in [5, 5.41) is 0. The number of hydrogen-bond acceptors (Lipinski definition) is 2. The molecule has 0 N–H and O–H groups in total. The smallest absolute Gasteiger partial charge is 0.0889 e. The van der Waals surface area contributed by atoms with Crippen LogP contribution in [0.25, 0.3) is 0 Å². The van der Waals surface area contributed by atoms with Crippen molar-refractivity contribution >= 4 is 5.71 Å². The van der Waals surface area contributed by atoms with Gasteiger partial charge in [-0.25, -0.2) is 0 Å². The Labute approximate surface area is 88.4 Å². The van der Waals surface area contributed by atoms with Gasteiger partial charge in [-0.1, -0.05) is 12.1 Å². The zero-order chi connectivity index (χ0) is 10.1. The van der Waals surface area contributed by atoms with Crippen LogP contribution in [0.4, 0.5) is 0 Å². The molecule has 2 nitrogen and oxygen atoms in total. The van der Waals surface area contributed by atoms with Crippen LogP contribution in [0.5, 0.6) is 0 Å². The van der Waals surface area contributed by atoms with Crippen LogP contribution in [0.15, 0.2) is 65.0 Å². The van der Waals surface area contributed by atoms with Crippen molar-refractivity contribution < 1.29 is 0 Å². The van der Waals surface area contributed by atoms with Gasteiger partial charge in [0.05, 0.1) is 11.4 Å². The Morgan fingerprint density at radius 2 is 2.13 bits per heavy atom. The Balaban J connectivity index is 2.03. The second kappa shape index (κ2) is 3.31. The molecule has 2 heterocycles. The van der Waals surface area contributed by atoms with Gasteiger partial charge in [-0.3, -0.25) is 9.98 Å². The van der Waals surface area contributed by atoms with Gasteiger partial charge in [0.2, 0.25) is 0 Å². The van der Waals surface area contributed by atoms with Gasteiger partial charge in [-0.05, 0) is 41.9 Å². The quantitative estimate of drug-likeness (QED) is 0.674. The Kier molecular flexibility index (Phi) is 1.85. The summed E-state index contributed by atoms with van der Waals surface area (Å²) in [6.07, 6.45) is 10.9. The molecule has 15 heavy (non-hydrogen) atoms. The topological polar surface area (TPSA) is 25.2 Å². The first-order valence-corrected chi connectivity index (χ1v) is 4.99. The molecule has 72 valence electrons. The minimum absolute atomic E-state index is 0.933. The summed E-state index contributed by atoms with van der Waals surface area (Å²) in [6, 6.07) is 5.88. The zero-order valence-corrected chi connectivity index (χ0v) is 8.22. The molecule has 0 spiro atoms. The first kappa shape index (κ1) is 8.36. The van der Waals surface area contributed by atoms with Crippen LogP contribution in [-0.4, -0.2) is 10.7 Å². The highest BCUT2D eigenvalue weighted by Gasteiger charge is 2.21. The number of aliphatic imine (C=N–C) groups is 1. The van der Waals surface area contributed by atoms with E-state index in [1.807, 2.05) is 30.5 Å². The fraction of sp³-hybridized carbons (Fsp3) is 0.0769. The molecule has 2 heteroatoms. The van der Waals surface area contributed by atoms with Crippen LogP contribution >= 0.6 is 0 Å². The van der Waals surface area contributed by atoms with Crippen LogP contribution < -0.4 is 0 Å². The summed E-state index contributed by atoms with van der Waals surface area (Å²) in [5.74, 6) is 0. The molecule has 0 bridgehead atoms. The molecule has 1 aromatic heterocycles. The second-order valence-electron chi connectivity index (χ2n) is 3.61.